The molecule has 1 fully saturated rings. The average Bonchev–Trinajstić information content (AvgIpc) is 2.78. The van der Waals surface area contributed by atoms with Gasteiger partial charge in [-0.15, -0.1) is 0 Å². The quantitative estimate of drug-likeness (QED) is 0.517. The number of hydrogen-bond acceptors (Lipinski definition) is 5. The van der Waals surface area contributed by atoms with Crippen molar-refractivity contribution in [2.24, 2.45) is 0 Å². The molecule has 30 heavy (non-hydrogen) atoms. The normalized spacial score (nSPS) is 14.1. The Morgan fingerprint density at radius 3 is 2.50 bits per heavy atom. The SMILES string of the molecule is COc1cc2c(Cl)ccnc2cc1OCCCN1CCOCC1.Cc1ccccc1. The van der Waals surface area contributed by atoms with Crippen molar-refractivity contribution in [1.82, 2.24) is 9.88 Å². The number of methoxy groups -OCH3 is 1. The highest BCUT2D eigenvalue weighted by Gasteiger charge is 2.12. The van der Waals surface area contributed by atoms with Gasteiger partial charge in [-0.2, -0.15) is 0 Å². The lowest BCUT2D eigenvalue weighted by Crippen LogP contribution is -2.37. The summed E-state index contributed by atoms with van der Waals surface area (Å²) in [5.74, 6) is 1.38. The van der Waals surface area contributed by atoms with Crippen molar-refractivity contribution >= 4 is 22.5 Å². The van der Waals surface area contributed by atoms with Crippen LogP contribution in [0.2, 0.25) is 5.02 Å². The van der Waals surface area contributed by atoms with E-state index in [9.17, 15) is 0 Å². The van der Waals surface area contributed by atoms with E-state index in [4.69, 9.17) is 25.8 Å². The summed E-state index contributed by atoms with van der Waals surface area (Å²) in [4.78, 5) is 6.73. The van der Waals surface area contributed by atoms with Crippen molar-refractivity contribution in [3.05, 3.63) is 65.3 Å². The number of pyridine rings is 1. The van der Waals surface area contributed by atoms with Crippen LogP contribution in [0.15, 0.2) is 54.7 Å². The molecule has 0 atom stereocenters. The molecule has 1 saturated heterocycles. The maximum Gasteiger partial charge on any atom is 0.163 e. The van der Waals surface area contributed by atoms with Crippen molar-refractivity contribution < 1.29 is 14.2 Å². The zero-order valence-electron chi connectivity index (χ0n) is 17.6. The van der Waals surface area contributed by atoms with E-state index < -0.39 is 0 Å². The predicted octanol–water partition coefficient (Wildman–Crippen LogP) is 4.99. The smallest absolute Gasteiger partial charge is 0.163 e. The monoisotopic (exact) mass is 428 g/mol. The first kappa shape index (κ1) is 22.3. The minimum Gasteiger partial charge on any atom is -0.493 e. The molecule has 2 aromatic carbocycles. The number of aryl methyl sites for hydroxylation is 1. The van der Waals surface area contributed by atoms with Crippen LogP contribution in [-0.4, -0.2) is 56.4 Å². The van der Waals surface area contributed by atoms with Crippen molar-refractivity contribution in [3.63, 3.8) is 0 Å². The number of benzene rings is 2. The summed E-state index contributed by atoms with van der Waals surface area (Å²) >= 11 is 6.20. The number of ether oxygens (including phenoxy) is 3. The van der Waals surface area contributed by atoms with Gasteiger partial charge in [-0.3, -0.25) is 9.88 Å². The molecule has 4 rings (SSSR count). The van der Waals surface area contributed by atoms with Gasteiger partial charge >= 0.3 is 0 Å². The van der Waals surface area contributed by atoms with E-state index in [-0.39, 0.29) is 0 Å². The molecule has 2 heterocycles. The molecule has 0 aliphatic carbocycles. The standard InChI is InChI=1S/C17H21ClN2O3.C7H8/c1-21-16-11-13-14(18)3-4-19-15(13)12-17(16)23-8-2-5-20-6-9-22-10-7-20;1-7-5-3-2-4-6-7/h3-4,11-12H,2,5-10H2,1H3;2-6H,1H3. The minimum absolute atomic E-state index is 0.639. The predicted molar refractivity (Wildman–Crippen MR) is 122 cm³/mol. The Bertz CT molecular complexity index is 915. The lowest BCUT2D eigenvalue weighted by Gasteiger charge is -2.26. The van der Waals surface area contributed by atoms with E-state index in [0.717, 1.165) is 50.2 Å². The van der Waals surface area contributed by atoms with Crippen LogP contribution in [0, 0.1) is 6.92 Å². The molecule has 3 aromatic rings. The highest BCUT2D eigenvalue weighted by Crippen LogP contribution is 2.34. The molecule has 0 saturated carbocycles. The van der Waals surface area contributed by atoms with Gasteiger partial charge in [-0.05, 0) is 25.5 Å². The molecule has 160 valence electrons. The third-order valence-electron chi connectivity index (χ3n) is 4.89. The number of morpholine rings is 1. The van der Waals surface area contributed by atoms with Crippen LogP contribution in [-0.2, 0) is 4.74 Å². The van der Waals surface area contributed by atoms with Crippen molar-refractivity contribution in [2.75, 3.05) is 46.6 Å². The molecule has 0 amide bonds. The fourth-order valence-electron chi connectivity index (χ4n) is 3.22. The summed E-state index contributed by atoms with van der Waals surface area (Å²) in [6.45, 7) is 7.39. The zero-order valence-corrected chi connectivity index (χ0v) is 18.4. The van der Waals surface area contributed by atoms with E-state index in [0.29, 0.717) is 23.1 Å². The molecule has 6 heteroatoms. The highest BCUT2D eigenvalue weighted by atomic mass is 35.5. The molecule has 0 N–H and O–H groups in total. The maximum absolute atomic E-state index is 6.20. The number of nitrogens with zero attached hydrogens (tertiary/aromatic N) is 2. The third kappa shape index (κ3) is 6.59. The summed E-state index contributed by atoms with van der Waals surface area (Å²) in [5.41, 5.74) is 2.13. The molecule has 1 aromatic heterocycles. The molecule has 1 aliphatic heterocycles. The van der Waals surface area contributed by atoms with E-state index in [1.807, 2.05) is 30.3 Å². The molecule has 0 radical (unpaired) electrons. The number of aromatic nitrogens is 1. The van der Waals surface area contributed by atoms with Gasteiger partial charge in [0.25, 0.3) is 0 Å². The first-order valence-electron chi connectivity index (χ1n) is 10.2. The molecular formula is C24H29ClN2O3. The van der Waals surface area contributed by atoms with Crippen LogP contribution in [0.25, 0.3) is 10.9 Å². The Hall–Kier alpha value is -2.34. The molecule has 5 nitrogen and oxygen atoms in total. The first-order chi connectivity index (χ1) is 14.7. The van der Waals surface area contributed by atoms with Crippen LogP contribution < -0.4 is 9.47 Å². The van der Waals surface area contributed by atoms with Gasteiger partial charge in [0.1, 0.15) is 0 Å². The first-order valence-corrected chi connectivity index (χ1v) is 10.6. The van der Waals surface area contributed by atoms with E-state index >= 15 is 0 Å². The number of fused-ring (bicyclic) bond motifs is 1. The van der Waals surface area contributed by atoms with Crippen LogP contribution in [0.4, 0.5) is 0 Å². The second-order valence-electron chi connectivity index (χ2n) is 7.12. The molecule has 0 spiro atoms. The minimum atomic E-state index is 0.639. The lowest BCUT2D eigenvalue weighted by atomic mass is 10.2. The molecule has 0 unspecified atom stereocenters. The van der Waals surface area contributed by atoms with Gasteiger partial charge < -0.3 is 14.2 Å². The van der Waals surface area contributed by atoms with Crippen molar-refractivity contribution in [2.45, 2.75) is 13.3 Å². The lowest BCUT2D eigenvalue weighted by molar-refractivity contribution is 0.0357. The van der Waals surface area contributed by atoms with Crippen LogP contribution in [0.3, 0.4) is 0 Å². The fraction of sp³-hybridized carbons (Fsp3) is 0.375. The van der Waals surface area contributed by atoms with Crippen molar-refractivity contribution in [3.8, 4) is 11.5 Å². The summed E-state index contributed by atoms with van der Waals surface area (Å²) in [7, 11) is 1.63. The Labute approximate surface area is 183 Å². The van der Waals surface area contributed by atoms with Crippen LogP contribution in [0.1, 0.15) is 12.0 Å². The van der Waals surface area contributed by atoms with E-state index in [2.05, 4.69) is 28.9 Å². The van der Waals surface area contributed by atoms with Gasteiger partial charge in [0.15, 0.2) is 11.5 Å². The van der Waals surface area contributed by atoms with Gasteiger partial charge in [0, 0.05) is 37.3 Å². The number of rotatable bonds is 6. The summed E-state index contributed by atoms with van der Waals surface area (Å²) < 4.78 is 16.7. The second-order valence-corrected chi connectivity index (χ2v) is 7.53. The third-order valence-corrected chi connectivity index (χ3v) is 5.22. The fourth-order valence-corrected chi connectivity index (χ4v) is 3.43. The van der Waals surface area contributed by atoms with Gasteiger partial charge in [-0.25, -0.2) is 0 Å². The molecule has 0 bridgehead atoms. The Morgan fingerprint density at radius 1 is 1.07 bits per heavy atom. The van der Waals surface area contributed by atoms with Crippen molar-refractivity contribution in [1.29, 1.82) is 0 Å². The Balaban J connectivity index is 0.000000310. The highest BCUT2D eigenvalue weighted by molar-refractivity contribution is 6.35. The van der Waals surface area contributed by atoms with Gasteiger partial charge in [0.2, 0.25) is 0 Å². The number of halogens is 1. The maximum atomic E-state index is 6.20. The van der Waals surface area contributed by atoms with Crippen LogP contribution in [0.5, 0.6) is 11.5 Å². The Kier molecular flexibility index (Phi) is 8.75. The van der Waals surface area contributed by atoms with Gasteiger partial charge in [0.05, 0.1) is 37.5 Å². The average molecular weight is 429 g/mol. The summed E-state index contributed by atoms with van der Waals surface area (Å²) in [5, 5.41) is 1.53. The Morgan fingerprint density at radius 2 is 1.83 bits per heavy atom. The zero-order chi connectivity index (χ0) is 21.2. The largest absolute Gasteiger partial charge is 0.493 e. The molecular weight excluding hydrogens is 400 g/mol. The second kappa shape index (κ2) is 11.7. The summed E-state index contributed by atoms with van der Waals surface area (Å²) in [6, 6.07) is 15.8. The molecule has 1 aliphatic rings. The summed E-state index contributed by atoms with van der Waals surface area (Å²) in [6.07, 6.45) is 2.66. The van der Waals surface area contributed by atoms with Crippen LogP contribution >= 0.6 is 11.6 Å². The number of hydrogen-bond donors (Lipinski definition) is 0. The van der Waals surface area contributed by atoms with E-state index in [1.54, 1.807) is 19.4 Å². The van der Waals surface area contributed by atoms with Gasteiger partial charge in [-0.1, -0.05) is 47.5 Å². The van der Waals surface area contributed by atoms with E-state index in [1.165, 1.54) is 5.56 Å². The topological polar surface area (TPSA) is 43.8 Å².